The zero-order chi connectivity index (χ0) is 16.4. The lowest BCUT2D eigenvalue weighted by molar-refractivity contribution is -0.119. The van der Waals surface area contributed by atoms with Crippen molar-refractivity contribution in [2.45, 2.75) is 39.3 Å². The van der Waals surface area contributed by atoms with Crippen molar-refractivity contribution in [3.8, 4) is 10.4 Å². The normalized spacial score (nSPS) is 15.7. The van der Waals surface area contributed by atoms with Crippen molar-refractivity contribution in [3.63, 3.8) is 0 Å². The molecule has 0 unspecified atom stereocenters. The molecule has 0 bridgehead atoms. The maximum absolute atomic E-state index is 11.0. The minimum atomic E-state index is -0.00267. The third-order valence-electron chi connectivity index (χ3n) is 4.29. The number of nitrogens with zero attached hydrogens (tertiary/aromatic N) is 2. The molecule has 1 aliphatic heterocycles. The summed E-state index contributed by atoms with van der Waals surface area (Å²) in [5, 5.41) is 4.06. The molecule has 1 aromatic heterocycles. The molecule has 3 rings (SSSR count). The fraction of sp³-hybridized carbons (Fsp3) is 0.444. The Balaban J connectivity index is 1.63. The predicted molar refractivity (Wildman–Crippen MR) is 94.5 cm³/mol. The predicted octanol–water partition coefficient (Wildman–Crippen LogP) is 3.25. The standard InChI is InChI=1S/C18H23N3OS/c1-12(2)21-10-16(11-21)18-20-9-17(23-18)15-6-4-14(5-7-15)8-19-13(3)22/h4-7,9,12,16H,8,10-11H2,1-3H3,(H,19,22). The highest BCUT2D eigenvalue weighted by Crippen LogP contribution is 2.35. The Kier molecular flexibility index (Phi) is 4.78. The fourth-order valence-corrected chi connectivity index (χ4v) is 3.72. The number of hydrogen-bond donors (Lipinski definition) is 1. The van der Waals surface area contributed by atoms with Crippen LogP contribution in [0.4, 0.5) is 0 Å². The van der Waals surface area contributed by atoms with Crippen LogP contribution in [-0.2, 0) is 11.3 Å². The molecule has 1 aliphatic rings. The number of carbonyl (C=O) groups excluding carboxylic acids is 1. The molecular weight excluding hydrogens is 306 g/mol. The van der Waals surface area contributed by atoms with Crippen LogP contribution in [0.5, 0.6) is 0 Å². The van der Waals surface area contributed by atoms with Crippen LogP contribution in [-0.4, -0.2) is 34.9 Å². The summed E-state index contributed by atoms with van der Waals surface area (Å²) in [5.41, 5.74) is 2.31. The number of benzene rings is 1. The first-order valence-corrected chi connectivity index (χ1v) is 8.88. The molecule has 0 radical (unpaired) electrons. The molecule has 122 valence electrons. The average Bonchev–Trinajstić information content (AvgIpc) is 2.93. The van der Waals surface area contributed by atoms with Gasteiger partial charge in [-0.3, -0.25) is 9.69 Å². The van der Waals surface area contributed by atoms with Crippen LogP contribution in [0.3, 0.4) is 0 Å². The smallest absolute Gasteiger partial charge is 0.217 e. The number of nitrogens with one attached hydrogen (secondary N) is 1. The Bertz CT molecular complexity index is 672. The molecule has 23 heavy (non-hydrogen) atoms. The molecule has 0 atom stereocenters. The van der Waals surface area contributed by atoms with E-state index in [2.05, 4.69) is 53.3 Å². The summed E-state index contributed by atoms with van der Waals surface area (Å²) in [5.74, 6) is 0.590. The molecule has 0 spiro atoms. The van der Waals surface area contributed by atoms with E-state index >= 15 is 0 Å². The van der Waals surface area contributed by atoms with Gasteiger partial charge in [-0.25, -0.2) is 4.98 Å². The first kappa shape index (κ1) is 16.1. The van der Waals surface area contributed by atoms with Crippen LogP contribution in [0.15, 0.2) is 30.5 Å². The van der Waals surface area contributed by atoms with Crippen molar-refractivity contribution in [2.75, 3.05) is 13.1 Å². The molecule has 2 aromatic rings. The molecule has 5 heteroatoms. The highest BCUT2D eigenvalue weighted by atomic mass is 32.1. The second kappa shape index (κ2) is 6.81. The summed E-state index contributed by atoms with van der Waals surface area (Å²) in [6, 6.07) is 8.97. The van der Waals surface area contributed by atoms with E-state index in [4.69, 9.17) is 0 Å². The van der Waals surface area contributed by atoms with Crippen molar-refractivity contribution in [1.82, 2.24) is 15.2 Å². The van der Waals surface area contributed by atoms with Gasteiger partial charge in [0, 0.05) is 44.7 Å². The maximum atomic E-state index is 11.0. The van der Waals surface area contributed by atoms with Crippen LogP contribution in [0.2, 0.25) is 0 Å². The molecule has 4 nitrogen and oxygen atoms in total. The summed E-state index contributed by atoms with van der Waals surface area (Å²) >= 11 is 1.80. The highest BCUT2D eigenvalue weighted by molar-refractivity contribution is 7.15. The summed E-state index contributed by atoms with van der Waals surface area (Å²) in [4.78, 5) is 19.3. The number of likely N-dealkylation sites (tertiary alicyclic amines) is 1. The fourth-order valence-electron chi connectivity index (χ4n) is 2.71. The lowest BCUT2D eigenvalue weighted by Crippen LogP contribution is -2.48. The van der Waals surface area contributed by atoms with Crippen molar-refractivity contribution in [1.29, 1.82) is 0 Å². The molecule has 0 saturated carbocycles. The third-order valence-corrected chi connectivity index (χ3v) is 5.50. The molecule has 1 amide bonds. The first-order valence-electron chi connectivity index (χ1n) is 8.06. The van der Waals surface area contributed by atoms with Crippen LogP contribution in [0, 0.1) is 0 Å². The summed E-state index contributed by atoms with van der Waals surface area (Å²) < 4.78 is 0. The second-order valence-electron chi connectivity index (χ2n) is 6.41. The van der Waals surface area contributed by atoms with E-state index in [0.29, 0.717) is 18.5 Å². The lowest BCUT2D eigenvalue weighted by atomic mass is 9.99. The molecule has 2 heterocycles. The van der Waals surface area contributed by atoms with Gasteiger partial charge in [-0.05, 0) is 25.0 Å². The van der Waals surface area contributed by atoms with E-state index in [9.17, 15) is 4.79 Å². The summed E-state index contributed by atoms with van der Waals surface area (Å²) in [6.45, 7) is 8.85. The zero-order valence-electron chi connectivity index (χ0n) is 13.9. The highest BCUT2D eigenvalue weighted by Gasteiger charge is 2.31. The number of hydrogen-bond acceptors (Lipinski definition) is 4. The number of thiazole rings is 1. The Morgan fingerprint density at radius 2 is 2.04 bits per heavy atom. The van der Waals surface area contributed by atoms with Crippen LogP contribution in [0.1, 0.15) is 37.3 Å². The SMILES string of the molecule is CC(=O)NCc1ccc(-c2cnc(C3CN(C(C)C)C3)s2)cc1. The lowest BCUT2D eigenvalue weighted by Gasteiger charge is -2.41. The van der Waals surface area contributed by atoms with E-state index in [1.54, 1.807) is 11.3 Å². The second-order valence-corrected chi connectivity index (χ2v) is 7.48. The third kappa shape index (κ3) is 3.79. The van der Waals surface area contributed by atoms with Gasteiger partial charge in [0.25, 0.3) is 0 Å². The minimum Gasteiger partial charge on any atom is -0.352 e. The Labute approximate surface area is 141 Å². The first-order chi connectivity index (χ1) is 11.0. The van der Waals surface area contributed by atoms with Crippen molar-refractivity contribution >= 4 is 17.2 Å². The van der Waals surface area contributed by atoms with Gasteiger partial charge in [0.1, 0.15) is 0 Å². The topological polar surface area (TPSA) is 45.2 Å². The van der Waals surface area contributed by atoms with Gasteiger partial charge in [-0.1, -0.05) is 24.3 Å². The largest absolute Gasteiger partial charge is 0.352 e. The van der Waals surface area contributed by atoms with Crippen molar-refractivity contribution in [3.05, 3.63) is 41.0 Å². The number of carbonyl (C=O) groups is 1. The molecule has 1 fully saturated rings. The Morgan fingerprint density at radius 1 is 1.35 bits per heavy atom. The van der Waals surface area contributed by atoms with Crippen molar-refractivity contribution in [2.24, 2.45) is 0 Å². The van der Waals surface area contributed by atoms with Gasteiger partial charge < -0.3 is 5.32 Å². The van der Waals surface area contributed by atoms with Crippen LogP contribution >= 0.6 is 11.3 Å². The van der Waals surface area contributed by atoms with Gasteiger partial charge in [-0.15, -0.1) is 11.3 Å². The van der Waals surface area contributed by atoms with Gasteiger partial charge in [0.2, 0.25) is 5.91 Å². The monoisotopic (exact) mass is 329 g/mol. The molecule has 0 aliphatic carbocycles. The number of rotatable bonds is 5. The quantitative estimate of drug-likeness (QED) is 0.916. The van der Waals surface area contributed by atoms with Gasteiger partial charge in [0.05, 0.1) is 9.88 Å². The molecule has 1 saturated heterocycles. The molecule has 1 N–H and O–H groups in total. The van der Waals surface area contributed by atoms with E-state index in [-0.39, 0.29) is 5.91 Å². The average molecular weight is 329 g/mol. The number of aromatic nitrogens is 1. The van der Waals surface area contributed by atoms with E-state index in [0.717, 1.165) is 18.7 Å². The summed E-state index contributed by atoms with van der Waals surface area (Å²) in [6.07, 6.45) is 1.99. The Morgan fingerprint density at radius 3 is 2.65 bits per heavy atom. The van der Waals surface area contributed by atoms with Gasteiger partial charge in [0.15, 0.2) is 0 Å². The maximum Gasteiger partial charge on any atom is 0.217 e. The minimum absolute atomic E-state index is 0.00267. The van der Waals surface area contributed by atoms with Gasteiger partial charge in [-0.2, -0.15) is 0 Å². The van der Waals surface area contributed by atoms with Gasteiger partial charge >= 0.3 is 0 Å². The van der Waals surface area contributed by atoms with Crippen LogP contribution < -0.4 is 5.32 Å². The van der Waals surface area contributed by atoms with Crippen molar-refractivity contribution < 1.29 is 4.79 Å². The molecular formula is C18H23N3OS. The van der Waals surface area contributed by atoms with E-state index < -0.39 is 0 Å². The molecule has 1 aromatic carbocycles. The van der Waals surface area contributed by atoms with Crippen LogP contribution in [0.25, 0.3) is 10.4 Å². The van der Waals surface area contributed by atoms with E-state index in [1.165, 1.54) is 22.4 Å². The number of amides is 1. The zero-order valence-corrected chi connectivity index (χ0v) is 14.7. The Hall–Kier alpha value is -1.72. The summed E-state index contributed by atoms with van der Waals surface area (Å²) in [7, 11) is 0. The van der Waals surface area contributed by atoms with E-state index in [1.807, 2.05) is 6.20 Å².